The smallest absolute Gasteiger partial charge is 0.258 e. The van der Waals surface area contributed by atoms with E-state index in [1.807, 2.05) is 43.3 Å². The second-order valence-electron chi connectivity index (χ2n) is 6.11. The summed E-state index contributed by atoms with van der Waals surface area (Å²) in [7, 11) is 0. The quantitative estimate of drug-likeness (QED) is 0.905. The molecule has 1 heterocycles. The predicted molar refractivity (Wildman–Crippen MR) is 97.4 cm³/mol. The van der Waals surface area contributed by atoms with E-state index < -0.39 is 0 Å². The van der Waals surface area contributed by atoms with Gasteiger partial charge in [0.1, 0.15) is 0 Å². The molecule has 25 heavy (non-hydrogen) atoms. The number of hydrogen-bond donors (Lipinski definition) is 2. The summed E-state index contributed by atoms with van der Waals surface area (Å²) in [5.41, 5.74) is 3.64. The number of aliphatic imine (C=N–C) groups is 1. The molecule has 1 atom stereocenters. The van der Waals surface area contributed by atoms with Gasteiger partial charge in [0.05, 0.1) is 12.5 Å². The van der Waals surface area contributed by atoms with E-state index in [4.69, 9.17) is 0 Å². The van der Waals surface area contributed by atoms with E-state index in [1.165, 1.54) is 5.56 Å². The van der Waals surface area contributed by atoms with Crippen LogP contribution in [0.5, 0.6) is 0 Å². The van der Waals surface area contributed by atoms with Crippen LogP contribution in [0.15, 0.2) is 53.5 Å². The van der Waals surface area contributed by atoms with Crippen LogP contribution in [-0.2, 0) is 11.2 Å². The summed E-state index contributed by atoms with van der Waals surface area (Å²) in [6, 6.07) is 15.1. The van der Waals surface area contributed by atoms with Gasteiger partial charge in [0.2, 0.25) is 11.9 Å². The molecule has 0 saturated heterocycles. The maximum Gasteiger partial charge on any atom is 0.258 e. The zero-order valence-corrected chi connectivity index (χ0v) is 14.4. The molecule has 0 bridgehead atoms. The number of benzene rings is 2. The minimum Gasteiger partial charge on any atom is -0.296 e. The minimum atomic E-state index is -0.285. The average Bonchev–Trinajstić information content (AvgIpc) is 2.61. The summed E-state index contributed by atoms with van der Waals surface area (Å²) < 4.78 is 0. The third kappa shape index (κ3) is 3.94. The molecule has 1 unspecified atom stereocenters. The number of nitrogens with one attached hydrogen (secondary N) is 2. The van der Waals surface area contributed by atoms with Gasteiger partial charge < -0.3 is 0 Å². The Morgan fingerprint density at radius 3 is 2.60 bits per heavy atom. The molecule has 0 aliphatic carbocycles. The van der Waals surface area contributed by atoms with Crippen LogP contribution in [0.1, 0.15) is 46.4 Å². The first-order valence-corrected chi connectivity index (χ1v) is 8.40. The highest BCUT2D eigenvalue weighted by Gasteiger charge is 2.24. The van der Waals surface area contributed by atoms with Crippen LogP contribution >= 0.6 is 0 Å². The van der Waals surface area contributed by atoms with Crippen LogP contribution in [0.2, 0.25) is 0 Å². The fourth-order valence-corrected chi connectivity index (χ4v) is 2.83. The van der Waals surface area contributed by atoms with Crippen molar-refractivity contribution in [1.82, 2.24) is 10.6 Å². The lowest BCUT2D eigenvalue weighted by atomic mass is 10.0. The minimum absolute atomic E-state index is 0.153. The van der Waals surface area contributed by atoms with Crippen molar-refractivity contribution in [2.75, 3.05) is 0 Å². The molecule has 0 aromatic heterocycles. The Labute approximate surface area is 147 Å². The average molecular weight is 335 g/mol. The van der Waals surface area contributed by atoms with Gasteiger partial charge in [0, 0.05) is 5.56 Å². The van der Waals surface area contributed by atoms with Gasteiger partial charge >= 0.3 is 0 Å². The Morgan fingerprint density at radius 1 is 1.20 bits per heavy atom. The van der Waals surface area contributed by atoms with Crippen LogP contribution < -0.4 is 10.6 Å². The molecular formula is C20H21N3O2. The van der Waals surface area contributed by atoms with Gasteiger partial charge in [0.15, 0.2) is 0 Å². The lowest BCUT2D eigenvalue weighted by Crippen LogP contribution is -2.47. The summed E-state index contributed by atoms with van der Waals surface area (Å²) in [5.74, 6) is -0.229. The third-order valence-corrected chi connectivity index (χ3v) is 4.32. The van der Waals surface area contributed by atoms with Gasteiger partial charge in [-0.3, -0.25) is 20.2 Å². The molecule has 2 amide bonds. The molecule has 5 nitrogen and oxygen atoms in total. The SMILES string of the molecule is CCc1ccc(C2CC(=O)NC(NC(=O)c3ccccc3C)=N2)cc1. The lowest BCUT2D eigenvalue weighted by Gasteiger charge is -2.21. The predicted octanol–water partition coefficient (Wildman–Crippen LogP) is 2.90. The van der Waals surface area contributed by atoms with Crippen LogP contribution in [0, 0.1) is 6.92 Å². The van der Waals surface area contributed by atoms with Crippen molar-refractivity contribution in [2.45, 2.75) is 32.7 Å². The largest absolute Gasteiger partial charge is 0.296 e. The number of carbonyl (C=O) groups excluding carboxylic acids is 2. The maximum atomic E-state index is 12.4. The summed E-state index contributed by atoms with van der Waals surface area (Å²) in [6.45, 7) is 3.97. The first kappa shape index (κ1) is 16.9. The molecule has 1 aliphatic heterocycles. The van der Waals surface area contributed by atoms with Crippen molar-refractivity contribution in [3.63, 3.8) is 0 Å². The normalized spacial score (nSPS) is 16.8. The van der Waals surface area contributed by atoms with Gasteiger partial charge in [-0.25, -0.2) is 4.99 Å². The number of aryl methyl sites for hydroxylation is 2. The standard InChI is InChI=1S/C20H21N3O2/c1-3-14-8-10-15(11-9-14)17-12-18(24)22-20(21-17)23-19(25)16-7-5-4-6-13(16)2/h4-11,17H,3,12H2,1-2H3,(H2,21,22,23,24,25). The highest BCUT2D eigenvalue weighted by atomic mass is 16.2. The number of carbonyl (C=O) groups is 2. The van der Waals surface area contributed by atoms with E-state index in [1.54, 1.807) is 12.1 Å². The van der Waals surface area contributed by atoms with Crippen molar-refractivity contribution >= 4 is 17.8 Å². The summed E-state index contributed by atoms with van der Waals surface area (Å²) in [4.78, 5) is 29.0. The zero-order valence-electron chi connectivity index (χ0n) is 14.4. The highest BCUT2D eigenvalue weighted by molar-refractivity contribution is 6.11. The number of hydrogen-bond acceptors (Lipinski definition) is 3. The van der Waals surface area contributed by atoms with Crippen molar-refractivity contribution in [3.05, 3.63) is 70.8 Å². The number of rotatable bonds is 3. The van der Waals surface area contributed by atoms with Crippen molar-refractivity contribution in [3.8, 4) is 0 Å². The molecule has 2 aromatic rings. The Bertz CT molecular complexity index is 825. The number of guanidine groups is 1. The molecular weight excluding hydrogens is 314 g/mol. The Morgan fingerprint density at radius 2 is 1.92 bits per heavy atom. The van der Waals surface area contributed by atoms with Crippen molar-refractivity contribution < 1.29 is 9.59 Å². The Balaban J connectivity index is 1.80. The molecule has 5 heteroatoms. The van der Waals surface area contributed by atoms with Crippen LogP contribution in [0.3, 0.4) is 0 Å². The molecule has 0 spiro atoms. The maximum absolute atomic E-state index is 12.4. The van der Waals surface area contributed by atoms with Crippen LogP contribution in [0.25, 0.3) is 0 Å². The van der Waals surface area contributed by atoms with Gasteiger partial charge in [-0.1, -0.05) is 49.4 Å². The number of nitrogens with zero attached hydrogens (tertiary/aromatic N) is 1. The fourth-order valence-electron chi connectivity index (χ4n) is 2.83. The Kier molecular flexibility index (Phi) is 4.93. The molecule has 0 saturated carbocycles. The second-order valence-corrected chi connectivity index (χ2v) is 6.11. The molecule has 128 valence electrons. The van der Waals surface area contributed by atoms with E-state index in [9.17, 15) is 9.59 Å². The van der Waals surface area contributed by atoms with E-state index in [0.29, 0.717) is 5.56 Å². The first-order valence-electron chi connectivity index (χ1n) is 8.40. The van der Waals surface area contributed by atoms with Crippen LogP contribution in [-0.4, -0.2) is 17.8 Å². The van der Waals surface area contributed by atoms with Gasteiger partial charge in [-0.05, 0) is 36.1 Å². The zero-order chi connectivity index (χ0) is 17.8. The summed E-state index contributed by atoms with van der Waals surface area (Å²) in [6.07, 6.45) is 1.24. The summed E-state index contributed by atoms with van der Waals surface area (Å²) in [5, 5.41) is 5.35. The molecule has 1 aliphatic rings. The molecule has 0 fully saturated rings. The monoisotopic (exact) mass is 335 g/mol. The summed E-state index contributed by atoms with van der Waals surface area (Å²) >= 11 is 0. The van der Waals surface area contributed by atoms with Gasteiger partial charge in [0.25, 0.3) is 5.91 Å². The number of amides is 2. The topological polar surface area (TPSA) is 70.6 Å². The lowest BCUT2D eigenvalue weighted by molar-refractivity contribution is -0.120. The fraction of sp³-hybridized carbons (Fsp3) is 0.250. The van der Waals surface area contributed by atoms with Crippen molar-refractivity contribution in [2.24, 2.45) is 4.99 Å². The highest BCUT2D eigenvalue weighted by Crippen LogP contribution is 2.24. The molecule has 0 radical (unpaired) electrons. The molecule has 2 aromatic carbocycles. The molecule has 3 rings (SSSR count). The third-order valence-electron chi connectivity index (χ3n) is 4.32. The van der Waals surface area contributed by atoms with Gasteiger partial charge in [-0.2, -0.15) is 0 Å². The second kappa shape index (κ2) is 7.30. The van der Waals surface area contributed by atoms with Crippen LogP contribution in [0.4, 0.5) is 0 Å². The van der Waals surface area contributed by atoms with Gasteiger partial charge in [-0.15, -0.1) is 0 Å². The van der Waals surface area contributed by atoms with E-state index in [0.717, 1.165) is 17.5 Å². The van der Waals surface area contributed by atoms with Crippen molar-refractivity contribution in [1.29, 1.82) is 0 Å². The Hall–Kier alpha value is -2.95. The van der Waals surface area contributed by atoms with E-state index in [2.05, 4.69) is 22.5 Å². The first-order chi connectivity index (χ1) is 12.1. The van der Waals surface area contributed by atoms with E-state index in [-0.39, 0.29) is 30.2 Å². The molecule has 2 N–H and O–H groups in total. The van der Waals surface area contributed by atoms with E-state index >= 15 is 0 Å².